The lowest BCUT2D eigenvalue weighted by Gasteiger charge is -2.25. The first kappa shape index (κ1) is 18.8. The largest absolute Gasteiger partial charge is 0.350 e. The predicted molar refractivity (Wildman–Crippen MR) is 110 cm³/mol. The number of amides is 1. The van der Waals surface area contributed by atoms with Gasteiger partial charge in [-0.2, -0.15) is 0 Å². The Morgan fingerprint density at radius 3 is 2.64 bits per heavy atom. The number of aromatic nitrogens is 2. The van der Waals surface area contributed by atoms with E-state index in [1.807, 2.05) is 41.6 Å². The van der Waals surface area contributed by atoms with Gasteiger partial charge in [0, 0.05) is 36.4 Å². The van der Waals surface area contributed by atoms with Gasteiger partial charge in [0.25, 0.3) is 5.91 Å². The van der Waals surface area contributed by atoms with Crippen LogP contribution in [0.4, 0.5) is 0 Å². The summed E-state index contributed by atoms with van der Waals surface area (Å²) < 4.78 is 14.7. The van der Waals surface area contributed by atoms with Gasteiger partial charge in [0.1, 0.15) is 16.7 Å². The van der Waals surface area contributed by atoms with E-state index in [0.29, 0.717) is 5.69 Å². The highest BCUT2D eigenvalue weighted by molar-refractivity contribution is 7.82. The maximum atomic E-state index is 12.7. The number of benzene rings is 1. The first-order valence-electron chi connectivity index (χ1n) is 9.62. The van der Waals surface area contributed by atoms with Gasteiger partial charge < -0.3 is 10.3 Å². The van der Waals surface area contributed by atoms with Crippen LogP contribution in [0.15, 0.2) is 53.7 Å². The van der Waals surface area contributed by atoms with Crippen LogP contribution in [0.1, 0.15) is 48.3 Å². The molecule has 0 spiro atoms. The average Bonchev–Trinajstić information content (AvgIpc) is 3.18. The number of nitrogens with one attached hydrogen (secondary N) is 2. The molecule has 0 radical (unpaired) electrons. The number of carbonyl (C=O) groups is 1. The van der Waals surface area contributed by atoms with E-state index < -0.39 is 11.0 Å². The van der Waals surface area contributed by atoms with E-state index in [0.717, 1.165) is 47.3 Å². The highest BCUT2D eigenvalue weighted by Crippen LogP contribution is 2.20. The lowest BCUT2D eigenvalue weighted by molar-refractivity contribution is 0.0935. The van der Waals surface area contributed by atoms with E-state index in [4.69, 9.17) is 0 Å². The molecule has 3 heterocycles. The third-order valence-electron chi connectivity index (χ3n) is 5.14. The van der Waals surface area contributed by atoms with Crippen molar-refractivity contribution in [3.05, 3.63) is 60.0 Å². The number of nitrogens with zero attached hydrogens (tertiary/aromatic N) is 2. The van der Waals surface area contributed by atoms with Gasteiger partial charge in [0.15, 0.2) is 0 Å². The molecule has 1 amide bonds. The predicted octanol–water partition coefficient (Wildman–Crippen LogP) is 3.56. The Morgan fingerprint density at radius 2 is 1.93 bits per heavy atom. The SMILES string of the molecule is CC(NC(=O)c1cc2cnccc2[nH]1)c1ccc(S(=O)N2CCCCC2)cc1. The molecule has 1 fully saturated rings. The fourth-order valence-corrected chi connectivity index (χ4v) is 4.76. The molecule has 1 saturated heterocycles. The van der Waals surface area contributed by atoms with Crippen LogP contribution in [-0.2, 0) is 11.0 Å². The van der Waals surface area contributed by atoms with E-state index in [1.165, 1.54) is 6.42 Å². The highest BCUT2D eigenvalue weighted by atomic mass is 32.2. The van der Waals surface area contributed by atoms with Crippen molar-refractivity contribution < 1.29 is 9.00 Å². The quantitative estimate of drug-likeness (QED) is 0.692. The van der Waals surface area contributed by atoms with Crippen LogP contribution < -0.4 is 5.32 Å². The van der Waals surface area contributed by atoms with E-state index in [-0.39, 0.29) is 11.9 Å². The van der Waals surface area contributed by atoms with Crippen molar-refractivity contribution in [1.82, 2.24) is 19.6 Å². The first-order valence-corrected chi connectivity index (χ1v) is 10.7. The molecule has 0 bridgehead atoms. The Morgan fingerprint density at radius 1 is 1.18 bits per heavy atom. The zero-order valence-corrected chi connectivity index (χ0v) is 16.7. The van der Waals surface area contributed by atoms with Crippen molar-refractivity contribution in [2.75, 3.05) is 13.1 Å². The van der Waals surface area contributed by atoms with Crippen LogP contribution in [-0.4, -0.2) is 37.5 Å². The van der Waals surface area contributed by atoms with Gasteiger partial charge in [-0.05, 0) is 49.6 Å². The molecule has 7 heteroatoms. The first-order chi connectivity index (χ1) is 13.6. The molecule has 3 aromatic rings. The van der Waals surface area contributed by atoms with Crippen LogP contribution >= 0.6 is 0 Å². The summed E-state index contributed by atoms with van der Waals surface area (Å²) in [4.78, 5) is 20.6. The zero-order chi connectivity index (χ0) is 19.5. The molecule has 1 aliphatic heterocycles. The van der Waals surface area contributed by atoms with E-state index in [9.17, 15) is 9.00 Å². The molecule has 146 valence electrons. The van der Waals surface area contributed by atoms with Gasteiger partial charge in [-0.15, -0.1) is 0 Å². The molecule has 1 aliphatic rings. The number of fused-ring (bicyclic) bond motifs is 1. The van der Waals surface area contributed by atoms with E-state index in [2.05, 4.69) is 15.3 Å². The summed E-state index contributed by atoms with van der Waals surface area (Å²) in [5, 5.41) is 3.92. The van der Waals surface area contributed by atoms with Crippen LogP contribution in [0.2, 0.25) is 0 Å². The van der Waals surface area contributed by atoms with Crippen LogP contribution in [0.5, 0.6) is 0 Å². The summed E-state index contributed by atoms with van der Waals surface area (Å²) >= 11 is 0. The van der Waals surface area contributed by atoms with Gasteiger partial charge in [0.05, 0.1) is 10.9 Å². The molecular weight excluding hydrogens is 372 g/mol. The van der Waals surface area contributed by atoms with Gasteiger partial charge in [-0.3, -0.25) is 9.78 Å². The Balaban J connectivity index is 1.42. The molecular formula is C21H24N4O2S. The number of hydrogen-bond acceptors (Lipinski definition) is 3. The Kier molecular flexibility index (Phi) is 5.54. The van der Waals surface area contributed by atoms with Crippen molar-refractivity contribution in [3.8, 4) is 0 Å². The maximum absolute atomic E-state index is 12.7. The topological polar surface area (TPSA) is 78.1 Å². The third-order valence-corrected chi connectivity index (χ3v) is 6.65. The molecule has 0 aliphatic carbocycles. The Labute approximate surface area is 166 Å². The second kappa shape index (κ2) is 8.24. The molecule has 4 rings (SSSR count). The van der Waals surface area contributed by atoms with Crippen LogP contribution in [0.25, 0.3) is 10.9 Å². The van der Waals surface area contributed by atoms with Crippen molar-refractivity contribution in [3.63, 3.8) is 0 Å². The smallest absolute Gasteiger partial charge is 0.268 e. The van der Waals surface area contributed by atoms with Gasteiger partial charge in [0.2, 0.25) is 0 Å². The molecule has 0 saturated carbocycles. The van der Waals surface area contributed by atoms with Gasteiger partial charge >= 0.3 is 0 Å². The lowest BCUT2D eigenvalue weighted by Crippen LogP contribution is -2.31. The lowest BCUT2D eigenvalue weighted by atomic mass is 10.1. The van der Waals surface area contributed by atoms with E-state index >= 15 is 0 Å². The van der Waals surface area contributed by atoms with Gasteiger partial charge in [-0.25, -0.2) is 8.51 Å². The van der Waals surface area contributed by atoms with Crippen LogP contribution in [0.3, 0.4) is 0 Å². The standard InChI is InChI=1S/C21H24N4O2S/c1-15(23-21(26)20-13-17-14-22-10-9-19(17)24-20)16-5-7-18(8-6-16)28(27)25-11-3-2-4-12-25/h5-10,13-15,24H,2-4,11-12H2,1H3,(H,23,26). The van der Waals surface area contributed by atoms with Crippen molar-refractivity contribution >= 4 is 27.8 Å². The summed E-state index contributed by atoms with van der Waals surface area (Å²) in [5.74, 6) is -0.162. The van der Waals surface area contributed by atoms with Crippen LogP contribution in [0, 0.1) is 0 Å². The van der Waals surface area contributed by atoms with Crippen molar-refractivity contribution in [2.24, 2.45) is 0 Å². The summed E-state index contributed by atoms with van der Waals surface area (Å²) in [5.41, 5.74) is 2.38. The molecule has 28 heavy (non-hydrogen) atoms. The number of carbonyl (C=O) groups excluding carboxylic acids is 1. The van der Waals surface area contributed by atoms with Gasteiger partial charge in [-0.1, -0.05) is 18.6 Å². The molecule has 2 atom stereocenters. The molecule has 2 unspecified atom stereocenters. The summed E-state index contributed by atoms with van der Waals surface area (Å²) in [6.07, 6.45) is 6.86. The minimum atomic E-state index is -1.11. The zero-order valence-electron chi connectivity index (χ0n) is 15.9. The minimum Gasteiger partial charge on any atom is -0.350 e. The summed E-state index contributed by atoms with van der Waals surface area (Å²) in [7, 11) is -1.11. The maximum Gasteiger partial charge on any atom is 0.268 e. The molecule has 2 N–H and O–H groups in total. The number of hydrogen-bond donors (Lipinski definition) is 2. The summed E-state index contributed by atoms with van der Waals surface area (Å²) in [6.45, 7) is 3.72. The van der Waals surface area contributed by atoms with Crippen molar-refractivity contribution in [2.45, 2.75) is 37.1 Å². The normalized spacial score (nSPS) is 17.3. The monoisotopic (exact) mass is 396 g/mol. The second-order valence-electron chi connectivity index (χ2n) is 7.15. The Hall–Kier alpha value is -2.51. The molecule has 1 aromatic carbocycles. The molecule has 2 aromatic heterocycles. The third kappa shape index (κ3) is 4.00. The molecule has 6 nitrogen and oxygen atoms in total. The average molecular weight is 397 g/mol. The second-order valence-corrected chi connectivity index (χ2v) is 8.64. The van der Waals surface area contributed by atoms with E-state index in [1.54, 1.807) is 18.5 Å². The summed E-state index contributed by atoms with van der Waals surface area (Å²) in [6, 6.07) is 11.2. The van der Waals surface area contributed by atoms with Crippen molar-refractivity contribution in [1.29, 1.82) is 0 Å². The number of H-pyrrole nitrogens is 1. The fourth-order valence-electron chi connectivity index (χ4n) is 3.50. The Bertz CT molecular complexity index is 960. The minimum absolute atomic E-state index is 0.158. The number of rotatable bonds is 5. The number of piperidine rings is 1. The fraction of sp³-hybridized carbons (Fsp3) is 0.333. The number of aromatic amines is 1. The number of pyridine rings is 1. The highest BCUT2D eigenvalue weighted by Gasteiger charge is 2.19.